The van der Waals surface area contributed by atoms with Crippen LogP contribution in [0.3, 0.4) is 0 Å². The summed E-state index contributed by atoms with van der Waals surface area (Å²) in [5.41, 5.74) is 4.26. The summed E-state index contributed by atoms with van der Waals surface area (Å²) >= 11 is 0. The van der Waals surface area contributed by atoms with E-state index in [1.54, 1.807) is 0 Å². The Labute approximate surface area is 195 Å². The number of nitrogens with zero attached hydrogens (tertiary/aromatic N) is 1. The van der Waals surface area contributed by atoms with Crippen molar-refractivity contribution in [2.24, 2.45) is 4.99 Å². The van der Waals surface area contributed by atoms with Crippen LogP contribution in [0.4, 0.5) is 5.69 Å². The zero-order chi connectivity index (χ0) is 22.9. The van der Waals surface area contributed by atoms with Gasteiger partial charge in [0.05, 0.1) is 6.54 Å². The Morgan fingerprint density at radius 3 is 2.64 bits per heavy atom. The van der Waals surface area contributed by atoms with Gasteiger partial charge in [-0.25, -0.2) is 4.99 Å². The van der Waals surface area contributed by atoms with Crippen LogP contribution in [0.2, 0.25) is 0 Å². The lowest BCUT2D eigenvalue weighted by Gasteiger charge is -2.26. The molecule has 3 aromatic carbocycles. The smallest absolute Gasteiger partial charge is 0.225 e. The Morgan fingerprint density at radius 2 is 1.79 bits per heavy atom. The van der Waals surface area contributed by atoms with Crippen molar-refractivity contribution < 1.29 is 9.53 Å². The number of carbonyl (C=O) groups is 1. The van der Waals surface area contributed by atoms with Gasteiger partial charge in [0.15, 0.2) is 5.96 Å². The first-order valence-corrected chi connectivity index (χ1v) is 11.4. The third kappa shape index (κ3) is 6.35. The molecule has 0 saturated heterocycles. The molecule has 3 aromatic rings. The molecule has 6 nitrogen and oxygen atoms in total. The number of ether oxygens (including phenoxy) is 1. The number of carbonyl (C=O) groups excluding carboxylic acids is 1. The fourth-order valence-corrected chi connectivity index (χ4v) is 3.89. The molecule has 1 unspecified atom stereocenters. The van der Waals surface area contributed by atoms with Crippen LogP contribution in [0.15, 0.2) is 83.9 Å². The van der Waals surface area contributed by atoms with Crippen molar-refractivity contribution >= 4 is 17.6 Å². The average molecular weight is 443 g/mol. The molecule has 0 bridgehead atoms. The number of fused-ring (bicyclic) bond motifs is 1. The SMILES string of the molecule is CCNC(=NCc1cccc(OCc2ccccc2)c1)NCC1CC(=O)Nc2ccccc21. The van der Waals surface area contributed by atoms with E-state index in [1.165, 1.54) is 0 Å². The average Bonchev–Trinajstić information content (AvgIpc) is 2.85. The largest absolute Gasteiger partial charge is 0.489 e. The summed E-state index contributed by atoms with van der Waals surface area (Å²) in [5, 5.41) is 9.66. The van der Waals surface area contributed by atoms with Crippen LogP contribution in [-0.4, -0.2) is 25.0 Å². The number of amides is 1. The van der Waals surface area contributed by atoms with E-state index in [9.17, 15) is 4.79 Å². The summed E-state index contributed by atoms with van der Waals surface area (Å²) < 4.78 is 5.94. The molecule has 33 heavy (non-hydrogen) atoms. The molecule has 4 rings (SSSR count). The molecule has 6 heteroatoms. The number of hydrogen-bond acceptors (Lipinski definition) is 3. The summed E-state index contributed by atoms with van der Waals surface area (Å²) in [6, 6.07) is 26.1. The summed E-state index contributed by atoms with van der Waals surface area (Å²) in [4.78, 5) is 16.8. The van der Waals surface area contributed by atoms with E-state index in [2.05, 4.69) is 34.1 Å². The molecule has 0 saturated carbocycles. The van der Waals surface area contributed by atoms with Crippen molar-refractivity contribution in [1.82, 2.24) is 10.6 Å². The molecule has 0 aliphatic carbocycles. The van der Waals surface area contributed by atoms with E-state index in [0.717, 1.165) is 40.6 Å². The molecule has 0 spiro atoms. The molecular weight excluding hydrogens is 412 g/mol. The highest BCUT2D eigenvalue weighted by molar-refractivity contribution is 5.94. The van der Waals surface area contributed by atoms with Crippen molar-refractivity contribution in [3.05, 3.63) is 95.6 Å². The first kappa shape index (κ1) is 22.4. The van der Waals surface area contributed by atoms with Crippen LogP contribution < -0.4 is 20.7 Å². The minimum absolute atomic E-state index is 0.0507. The van der Waals surface area contributed by atoms with Gasteiger partial charge >= 0.3 is 0 Å². The zero-order valence-electron chi connectivity index (χ0n) is 18.9. The Hall–Kier alpha value is -3.80. The number of para-hydroxylation sites is 1. The molecule has 0 radical (unpaired) electrons. The summed E-state index contributed by atoms with van der Waals surface area (Å²) in [6.07, 6.45) is 0.463. The third-order valence-electron chi connectivity index (χ3n) is 5.53. The quantitative estimate of drug-likeness (QED) is 0.356. The van der Waals surface area contributed by atoms with Crippen LogP contribution in [0.1, 0.15) is 36.0 Å². The number of benzene rings is 3. The maximum absolute atomic E-state index is 12.1. The highest BCUT2D eigenvalue weighted by Gasteiger charge is 2.24. The minimum atomic E-state index is 0.0507. The topological polar surface area (TPSA) is 74.8 Å². The Bertz CT molecular complexity index is 1100. The van der Waals surface area contributed by atoms with Crippen LogP contribution in [0.25, 0.3) is 0 Å². The van der Waals surface area contributed by atoms with E-state index in [1.807, 2.05) is 67.6 Å². The molecule has 0 aromatic heterocycles. The van der Waals surface area contributed by atoms with Crippen molar-refractivity contribution in [2.45, 2.75) is 32.4 Å². The minimum Gasteiger partial charge on any atom is -0.489 e. The molecule has 1 aliphatic heterocycles. The maximum atomic E-state index is 12.1. The van der Waals surface area contributed by atoms with Gasteiger partial charge in [0.25, 0.3) is 0 Å². The summed E-state index contributed by atoms with van der Waals surface area (Å²) in [6.45, 7) is 4.50. The number of nitrogens with one attached hydrogen (secondary N) is 3. The third-order valence-corrected chi connectivity index (χ3v) is 5.53. The van der Waals surface area contributed by atoms with Crippen molar-refractivity contribution in [3.8, 4) is 5.75 Å². The molecule has 170 valence electrons. The van der Waals surface area contributed by atoms with Crippen molar-refractivity contribution in [2.75, 3.05) is 18.4 Å². The van der Waals surface area contributed by atoms with Gasteiger partial charge in [-0.05, 0) is 41.8 Å². The fraction of sp³-hybridized carbons (Fsp3) is 0.259. The second-order valence-electron chi connectivity index (χ2n) is 8.03. The molecule has 1 heterocycles. The van der Waals surface area contributed by atoms with E-state index in [4.69, 9.17) is 9.73 Å². The van der Waals surface area contributed by atoms with Crippen molar-refractivity contribution in [1.29, 1.82) is 0 Å². The van der Waals surface area contributed by atoms with Crippen LogP contribution >= 0.6 is 0 Å². The standard InChI is InChI=1S/C27H30N4O2/c1-2-28-27(30-18-22-16-26(32)31-25-14-7-6-13-24(22)25)29-17-21-11-8-12-23(15-21)33-19-20-9-4-3-5-10-20/h3-15,22H,2,16-19H2,1H3,(H,31,32)(H2,28,29,30). The number of aliphatic imine (C=N–C) groups is 1. The van der Waals surface area contributed by atoms with E-state index in [0.29, 0.717) is 26.1 Å². The van der Waals surface area contributed by atoms with E-state index in [-0.39, 0.29) is 11.8 Å². The highest BCUT2D eigenvalue weighted by Crippen LogP contribution is 2.31. The van der Waals surface area contributed by atoms with E-state index < -0.39 is 0 Å². The van der Waals surface area contributed by atoms with Crippen LogP contribution in [-0.2, 0) is 17.9 Å². The maximum Gasteiger partial charge on any atom is 0.225 e. The molecular formula is C27H30N4O2. The van der Waals surface area contributed by atoms with Gasteiger partial charge in [-0.1, -0.05) is 60.7 Å². The van der Waals surface area contributed by atoms with Gasteiger partial charge in [-0.3, -0.25) is 4.79 Å². The molecule has 0 fully saturated rings. The first-order valence-electron chi connectivity index (χ1n) is 11.4. The first-order chi connectivity index (χ1) is 16.2. The Balaban J connectivity index is 1.37. The van der Waals surface area contributed by atoms with Crippen molar-refractivity contribution in [3.63, 3.8) is 0 Å². The Kier molecular flexibility index (Phi) is 7.59. The summed E-state index contributed by atoms with van der Waals surface area (Å²) in [5.74, 6) is 1.72. The molecule has 1 amide bonds. The predicted octanol–water partition coefficient (Wildman–Crippen LogP) is 4.45. The molecule has 1 atom stereocenters. The monoisotopic (exact) mass is 442 g/mol. The second kappa shape index (κ2) is 11.2. The predicted molar refractivity (Wildman–Crippen MR) is 132 cm³/mol. The van der Waals surface area contributed by atoms with Gasteiger partial charge in [0.2, 0.25) is 5.91 Å². The highest BCUT2D eigenvalue weighted by atomic mass is 16.5. The van der Waals surface area contributed by atoms with Gasteiger partial charge < -0.3 is 20.7 Å². The van der Waals surface area contributed by atoms with Gasteiger partial charge in [-0.15, -0.1) is 0 Å². The number of rotatable bonds is 8. The van der Waals surface area contributed by atoms with Gasteiger partial charge in [-0.2, -0.15) is 0 Å². The lowest BCUT2D eigenvalue weighted by molar-refractivity contribution is -0.116. The van der Waals surface area contributed by atoms with E-state index >= 15 is 0 Å². The Morgan fingerprint density at radius 1 is 1.00 bits per heavy atom. The van der Waals surface area contributed by atoms with Gasteiger partial charge in [0, 0.05) is 31.1 Å². The number of hydrogen-bond donors (Lipinski definition) is 3. The second-order valence-corrected chi connectivity index (χ2v) is 8.03. The molecule has 1 aliphatic rings. The lowest BCUT2D eigenvalue weighted by Crippen LogP contribution is -2.40. The van der Waals surface area contributed by atoms with Gasteiger partial charge in [0.1, 0.15) is 12.4 Å². The fourth-order valence-electron chi connectivity index (χ4n) is 3.89. The van der Waals surface area contributed by atoms with Crippen LogP contribution in [0.5, 0.6) is 5.75 Å². The zero-order valence-corrected chi connectivity index (χ0v) is 18.9. The summed E-state index contributed by atoms with van der Waals surface area (Å²) in [7, 11) is 0. The van der Waals surface area contributed by atoms with Crippen LogP contribution in [0, 0.1) is 0 Å². The molecule has 3 N–H and O–H groups in total. The number of anilines is 1. The number of guanidine groups is 1. The normalized spacial score (nSPS) is 15.4. The lowest BCUT2D eigenvalue weighted by atomic mass is 9.90.